The number of unbranched alkanes of at least 4 members (excludes halogenated alkanes) is 4. The number of ether oxygens (including phenoxy) is 2. The minimum atomic E-state index is -0.493. The van der Waals surface area contributed by atoms with Crippen molar-refractivity contribution in [1.29, 1.82) is 0 Å². The minimum absolute atomic E-state index is 0.112. The first-order valence-corrected chi connectivity index (χ1v) is 26.5. The van der Waals surface area contributed by atoms with Crippen molar-refractivity contribution in [2.24, 2.45) is 0 Å². The van der Waals surface area contributed by atoms with Gasteiger partial charge in [-0.3, -0.25) is 0 Å². The Hall–Kier alpha value is -8.48. The van der Waals surface area contributed by atoms with E-state index in [0.29, 0.717) is 11.5 Å². The van der Waals surface area contributed by atoms with Gasteiger partial charge in [-0.15, -0.1) is 0 Å². The van der Waals surface area contributed by atoms with Gasteiger partial charge in [0.1, 0.15) is 11.5 Å². The average molecular weight is 985 g/mol. The maximum atomic E-state index is 12.2. The van der Waals surface area contributed by atoms with E-state index in [0.717, 1.165) is 97.9 Å². The van der Waals surface area contributed by atoms with E-state index in [-0.39, 0.29) is 5.41 Å². The van der Waals surface area contributed by atoms with Crippen molar-refractivity contribution in [3.8, 4) is 44.9 Å². The highest BCUT2D eigenvalue weighted by Crippen LogP contribution is 2.57. The van der Waals surface area contributed by atoms with Crippen LogP contribution < -0.4 is 19.3 Å². The molecule has 374 valence electrons. The van der Waals surface area contributed by atoms with Gasteiger partial charge < -0.3 is 19.3 Å². The van der Waals surface area contributed by atoms with Crippen molar-refractivity contribution >= 4 is 61.9 Å². The van der Waals surface area contributed by atoms with E-state index in [1.165, 1.54) is 65.7 Å². The van der Waals surface area contributed by atoms with Crippen molar-refractivity contribution in [1.82, 2.24) is 0 Å². The molecule has 10 rings (SSSR count). The van der Waals surface area contributed by atoms with Crippen molar-refractivity contribution in [3.63, 3.8) is 0 Å². The molecule has 0 radical (unpaired) electrons. The highest BCUT2D eigenvalue weighted by atomic mass is 16.5. The van der Waals surface area contributed by atoms with E-state index in [9.17, 15) is 9.59 Å². The molecule has 6 heteroatoms. The zero-order chi connectivity index (χ0) is 52.1. The molecule has 0 N–H and O–H groups in total. The molecule has 9 aromatic rings. The number of nitrogens with zero attached hydrogens (tertiary/aromatic N) is 2. The molecule has 75 heavy (non-hydrogen) atoms. The van der Waals surface area contributed by atoms with Gasteiger partial charge in [0.05, 0.1) is 11.4 Å². The lowest BCUT2D eigenvalue weighted by molar-refractivity contribution is -0.129. The number of hydrogen-bond donors (Lipinski definition) is 0. The molecule has 1 aliphatic carbocycles. The first-order valence-electron chi connectivity index (χ1n) is 26.5. The van der Waals surface area contributed by atoms with Gasteiger partial charge in [0, 0.05) is 63.2 Å². The third kappa shape index (κ3) is 9.89. The molecule has 1 aliphatic rings. The van der Waals surface area contributed by atoms with Crippen LogP contribution >= 0.6 is 0 Å². The number of aryl methyl sites for hydroxylation is 1. The Labute approximate surface area is 442 Å². The summed E-state index contributed by atoms with van der Waals surface area (Å²) in [6.45, 7) is 14.0. The molecule has 0 heterocycles. The summed E-state index contributed by atoms with van der Waals surface area (Å²) in [6.07, 6.45) is 11.7. The summed E-state index contributed by atoms with van der Waals surface area (Å²) in [5.41, 5.74) is 16.1. The van der Waals surface area contributed by atoms with Crippen LogP contribution in [-0.4, -0.2) is 19.0 Å². The Bertz CT molecular complexity index is 3540. The van der Waals surface area contributed by atoms with E-state index in [1.807, 2.05) is 36.4 Å². The number of carbonyl (C=O) groups excluding carboxylic acids is 2. The molecular weight excluding hydrogens is 921 g/mol. The highest BCUT2D eigenvalue weighted by Gasteiger charge is 2.43. The maximum absolute atomic E-state index is 12.2. The fourth-order valence-electron chi connectivity index (χ4n) is 11.4. The van der Waals surface area contributed by atoms with Crippen molar-refractivity contribution in [2.45, 2.75) is 77.6 Å². The van der Waals surface area contributed by atoms with Gasteiger partial charge in [-0.2, -0.15) is 0 Å². The molecule has 9 aromatic carbocycles. The molecular formula is C69H64N2O4. The Morgan fingerprint density at radius 1 is 0.480 bits per heavy atom. The van der Waals surface area contributed by atoms with Gasteiger partial charge in [0.15, 0.2) is 0 Å². The molecule has 0 saturated carbocycles. The van der Waals surface area contributed by atoms with Gasteiger partial charge in [-0.1, -0.05) is 192 Å². The van der Waals surface area contributed by atoms with Crippen LogP contribution in [0.25, 0.3) is 54.9 Å². The van der Waals surface area contributed by atoms with E-state index in [4.69, 9.17) is 9.47 Å². The molecule has 0 saturated heterocycles. The minimum Gasteiger partial charge on any atom is -0.423 e. The third-order valence-corrected chi connectivity index (χ3v) is 15.1. The first kappa shape index (κ1) is 50.1. The lowest BCUT2D eigenvalue weighted by Crippen LogP contribution is -2.26. The van der Waals surface area contributed by atoms with Crippen LogP contribution in [-0.2, 0) is 15.0 Å². The quantitative estimate of drug-likeness (QED) is 0.0201. The molecule has 1 atom stereocenters. The largest absolute Gasteiger partial charge is 0.423 e. The lowest BCUT2D eigenvalue weighted by Gasteiger charge is -2.35. The van der Waals surface area contributed by atoms with Gasteiger partial charge in [-0.05, 0) is 125 Å². The Kier molecular flexibility index (Phi) is 14.6. The standard InChI is InChI=1S/C69H64N2O4/c1-7-11-13-18-42-69(41-12-8-2)63-43-47(5)29-39-57(63)58-40-38-54(46-64(58)69)71(53-36-32-49(33-37-53)51-22-20-24-56(45-51)75-66(73)10-4)68-61-27-16-14-25-59(61)67(60-26-15-17-28-62(60)68)70(6)52-34-30-48(31-35-52)50-21-19-23-55(44-50)74-65(72)9-3/h9-10,14-17,19-40,43-46H,3-4,7-8,11-13,18,41-42H2,1-2,5-6H3. The van der Waals surface area contributed by atoms with E-state index in [2.05, 4.69) is 184 Å². The SMILES string of the molecule is C=CC(=O)Oc1cccc(-c2ccc(N(C)c3c4ccccc4c(N(c4ccc(-c5cccc(OC(=O)C=C)c5)cc4)c4ccc5c(c4)C(CCCC)(CCCCCC)c4cc(C)ccc4-5)c4ccccc34)cc2)c1. The summed E-state index contributed by atoms with van der Waals surface area (Å²) in [4.78, 5) is 29.0. The predicted molar refractivity (Wildman–Crippen MR) is 312 cm³/mol. The van der Waals surface area contributed by atoms with Gasteiger partial charge in [0.25, 0.3) is 0 Å². The highest BCUT2D eigenvalue weighted by molar-refractivity contribution is 6.22. The van der Waals surface area contributed by atoms with Crippen LogP contribution in [0.4, 0.5) is 28.4 Å². The third-order valence-electron chi connectivity index (χ3n) is 15.1. The number of fused-ring (bicyclic) bond motifs is 5. The van der Waals surface area contributed by atoms with E-state index in [1.54, 1.807) is 12.1 Å². The van der Waals surface area contributed by atoms with Crippen LogP contribution in [0.1, 0.15) is 81.9 Å². The maximum Gasteiger partial charge on any atom is 0.335 e. The second-order valence-electron chi connectivity index (χ2n) is 19.9. The Balaban J connectivity index is 1.15. The second-order valence-corrected chi connectivity index (χ2v) is 19.9. The van der Waals surface area contributed by atoms with Crippen LogP contribution in [0.5, 0.6) is 11.5 Å². The van der Waals surface area contributed by atoms with Gasteiger partial charge in [-0.25, -0.2) is 9.59 Å². The molecule has 0 bridgehead atoms. The average Bonchev–Trinajstić information content (AvgIpc) is 3.71. The summed E-state index contributed by atoms with van der Waals surface area (Å²) in [5, 5.41) is 4.49. The fourth-order valence-corrected chi connectivity index (χ4v) is 11.4. The normalized spacial score (nSPS) is 13.5. The zero-order valence-electron chi connectivity index (χ0n) is 43.6. The van der Waals surface area contributed by atoms with Crippen LogP contribution in [0, 0.1) is 6.92 Å². The van der Waals surface area contributed by atoms with Crippen LogP contribution in [0.3, 0.4) is 0 Å². The fraction of sp³-hybridized carbons (Fsp3) is 0.188. The second kappa shape index (κ2) is 21.9. The Morgan fingerprint density at radius 3 is 1.49 bits per heavy atom. The zero-order valence-corrected chi connectivity index (χ0v) is 43.6. The number of carbonyl (C=O) groups is 2. The van der Waals surface area contributed by atoms with Crippen molar-refractivity contribution < 1.29 is 19.1 Å². The predicted octanol–water partition coefficient (Wildman–Crippen LogP) is 18.5. The van der Waals surface area contributed by atoms with Gasteiger partial charge >= 0.3 is 11.9 Å². The van der Waals surface area contributed by atoms with Crippen LogP contribution in [0.15, 0.2) is 207 Å². The summed E-state index contributed by atoms with van der Waals surface area (Å²) in [7, 11) is 2.15. The van der Waals surface area contributed by atoms with Gasteiger partial charge in [0.2, 0.25) is 0 Å². The van der Waals surface area contributed by atoms with E-state index < -0.39 is 11.9 Å². The molecule has 1 unspecified atom stereocenters. The number of anilines is 5. The first-order chi connectivity index (χ1) is 36.6. The monoisotopic (exact) mass is 984 g/mol. The van der Waals surface area contributed by atoms with Crippen molar-refractivity contribution in [2.75, 3.05) is 16.8 Å². The number of benzene rings is 9. The number of esters is 2. The smallest absolute Gasteiger partial charge is 0.335 e. The van der Waals surface area contributed by atoms with E-state index >= 15 is 0 Å². The molecule has 0 fully saturated rings. The summed E-state index contributed by atoms with van der Waals surface area (Å²) >= 11 is 0. The summed E-state index contributed by atoms with van der Waals surface area (Å²) in [6, 6.07) is 64.6. The Morgan fingerprint density at radius 2 is 0.960 bits per heavy atom. The topological polar surface area (TPSA) is 59.1 Å². The molecule has 0 amide bonds. The van der Waals surface area contributed by atoms with Crippen molar-refractivity contribution in [3.05, 3.63) is 224 Å². The van der Waals surface area contributed by atoms with Crippen LogP contribution in [0.2, 0.25) is 0 Å². The molecule has 0 aliphatic heterocycles. The molecule has 6 nitrogen and oxygen atoms in total. The molecule has 0 spiro atoms. The number of hydrogen-bond acceptors (Lipinski definition) is 6. The number of rotatable bonds is 19. The molecule has 0 aromatic heterocycles. The summed E-state index contributed by atoms with van der Waals surface area (Å²) < 4.78 is 11.0. The summed E-state index contributed by atoms with van der Waals surface area (Å²) in [5.74, 6) is -0.0441. The lowest BCUT2D eigenvalue weighted by atomic mass is 9.70.